The third-order valence-corrected chi connectivity index (χ3v) is 10.5. The number of para-hydroxylation sites is 3. The Labute approximate surface area is 309 Å². The van der Waals surface area contributed by atoms with Crippen LogP contribution in [0.25, 0.3) is 32.7 Å². The molecular weight excluding hydrogens is 647 g/mol. The van der Waals surface area contributed by atoms with Crippen molar-refractivity contribution in [2.45, 2.75) is 18.5 Å². The number of nitrogens with zero attached hydrogens (tertiary/aromatic N) is 2. The van der Waals surface area contributed by atoms with Crippen LogP contribution in [0.5, 0.6) is 0 Å². The maximum Gasteiger partial charge on any atom is 0.131 e. The first-order chi connectivity index (χ1) is 26.3. The third kappa shape index (κ3) is 5.68. The molecule has 2 aliphatic heterocycles. The molecule has 0 spiro atoms. The normalized spacial score (nSPS) is 17.9. The minimum Gasteiger partial charge on any atom is -0.359 e. The molecule has 8 aromatic carbocycles. The molecule has 3 N–H and O–H groups in total. The minimum atomic E-state index is -0.217. The lowest BCUT2D eigenvalue weighted by Gasteiger charge is -2.34. The van der Waals surface area contributed by atoms with Crippen molar-refractivity contribution < 1.29 is 0 Å². The van der Waals surface area contributed by atoms with Crippen molar-refractivity contribution in [2.75, 3.05) is 10.2 Å². The minimum absolute atomic E-state index is 0.0209. The van der Waals surface area contributed by atoms with Crippen LogP contribution < -0.4 is 20.9 Å². The molecule has 0 saturated carbocycles. The molecule has 0 aromatic heterocycles. The van der Waals surface area contributed by atoms with Crippen LogP contribution >= 0.6 is 0 Å². The summed E-state index contributed by atoms with van der Waals surface area (Å²) in [5.74, 6) is 0.875. The molecule has 0 saturated heterocycles. The molecule has 3 atom stereocenters. The van der Waals surface area contributed by atoms with Gasteiger partial charge in [0.2, 0.25) is 0 Å². The summed E-state index contributed by atoms with van der Waals surface area (Å²) in [6.45, 7) is 0. The van der Waals surface area contributed by atoms with Crippen LogP contribution in [0, 0.1) is 0 Å². The Morgan fingerprint density at radius 2 is 1.17 bits per heavy atom. The Balaban J connectivity index is 1.06. The van der Waals surface area contributed by atoms with E-state index in [9.17, 15) is 0 Å². The predicted octanol–water partition coefficient (Wildman–Crippen LogP) is 11.3. The molecule has 2 heterocycles. The largest absolute Gasteiger partial charge is 0.359 e. The number of hydrogen-bond donors (Lipinski definition) is 3. The van der Waals surface area contributed by atoms with E-state index in [-0.39, 0.29) is 18.5 Å². The van der Waals surface area contributed by atoms with E-state index < -0.39 is 0 Å². The standard InChI is InChI=1S/C48H37N5/c1-4-15-33(16-5-1)45-50-46(34-17-6-2-7-18-34)52-47(51-45)44-40-21-11-10-14-32(40)28-29-41(44)37-26-24-36-31-38(27-25-35(36)30-37)48-49-42-22-12-13-23-43(42)53(48)39-19-8-3-9-20-39/h1-31,45,47-49,51H,(H,50,52). The highest BCUT2D eigenvalue weighted by Crippen LogP contribution is 2.46. The summed E-state index contributed by atoms with van der Waals surface area (Å²) in [6.07, 6.45) is -0.441. The lowest BCUT2D eigenvalue weighted by molar-refractivity contribution is 0.411. The second-order valence-corrected chi connectivity index (χ2v) is 13.7. The molecule has 0 fully saturated rings. The number of aliphatic imine (C=N–C) groups is 1. The van der Waals surface area contributed by atoms with Gasteiger partial charge in [0.1, 0.15) is 24.3 Å². The second-order valence-electron chi connectivity index (χ2n) is 13.7. The highest BCUT2D eigenvalue weighted by atomic mass is 15.3. The fourth-order valence-electron chi connectivity index (χ4n) is 7.98. The first-order valence-electron chi connectivity index (χ1n) is 18.2. The summed E-state index contributed by atoms with van der Waals surface area (Å²) >= 11 is 0. The SMILES string of the molecule is c1ccc(C2=NC(c3ccccc3)NC(c3c(-c4ccc5cc(C6Nc7ccccc7N6c6ccccc6)ccc5c4)ccc4ccccc34)N2)cc1. The van der Waals surface area contributed by atoms with Gasteiger partial charge in [0.15, 0.2) is 0 Å². The average Bonchev–Trinajstić information content (AvgIpc) is 3.63. The number of rotatable bonds is 6. The Morgan fingerprint density at radius 1 is 0.491 bits per heavy atom. The Hall–Kier alpha value is -6.69. The Kier molecular flexibility index (Phi) is 7.70. The molecule has 53 heavy (non-hydrogen) atoms. The van der Waals surface area contributed by atoms with E-state index in [1.807, 2.05) is 6.07 Å². The van der Waals surface area contributed by atoms with Crippen LogP contribution in [0.2, 0.25) is 0 Å². The molecule has 5 nitrogen and oxygen atoms in total. The number of fused-ring (bicyclic) bond motifs is 3. The van der Waals surface area contributed by atoms with Crippen LogP contribution in [-0.4, -0.2) is 5.84 Å². The maximum absolute atomic E-state index is 5.19. The van der Waals surface area contributed by atoms with Gasteiger partial charge >= 0.3 is 0 Å². The zero-order valence-electron chi connectivity index (χ0n) is 29.0. The predicted molar refractivity (Wildman–Crippen MR) is 219 cm³/mol. The summed E-state index contributed by atoms with van der Waals surface area (Å²) in [6, 6.07) is 67.1. The van der Waals surface area contributed by atoms with Gasteiger partial charge in [0, 0.05) is 16.8 Å². The van der Waals surface area contributed by atoms with Gasteiger partial charge in [-0.15, -0.1) is 0 Å². The van der Waals surface area contributed by atoms with Gasteiger partial charge in [0.25, 0.3) is 0 Å². The van der Waals surface area contributed by atoms with Crippen molar-refractivity contribution in [2.24, 2.45) is 4.99 Å². The summed E-state index contributed by atoms with van der Waals surface area (Å²) in [5.41, 5.74) is 10.4. The fourth-order valence-corrected chi connectivity index (χ4v) is 7.98. The third-order valence-electron chi connectivity index (χ3n) is 10.5. The lowest BCUT2D eigenvalue weighted by atomic mass is 9.90. The van der Waals surface area contributed by atoms with Gasteiger partial charge in [-0.05, 0) is 80.2 Å². The fraction of sp³-hybridized carbons (Fsp3) is 0.0625. The molecule has 0 aliphatic carbocycles. The van der Waals surface area contributed by atoms with Crippen molar-refractivity contribution in [3.05, 3.63) is 210 Å². The van der Waals surface area contributed by atoms with E-state index in [2.05, 4.69) is 203 Å². The molecular formula is C48H37N5. The van der Waals surface area contributed by atoms with Crippen molar-refractivity contribution in [3.8, 4) is 11.1 Å². The van der Waals surface area contributed by atoms with Gasteiger partial charge in [-0.2, -0.15) is 0 Å². The van der Waals surface area contributed by atoms with Gasteiger partial charge in [0.05, 0.1) is 11.4 Å². The lowest BCUT2D eigenvalue weighted by Crippen LogP contribution is -2.45. The van der Waals surface area contributed by atoms with Gasteiger partial charge < -0.3 is 15.5 Å². The van der Waals surface area contributed by atoms with E-state index in [0.717, 1.165) is 28.3 Å². The van der Waals surface area contributed by atoms with Crippen LogP contribution in [0.3, 0.4) is 0 Å². The van der Waals surface area contributed by atoms with Crippen LogP contribution in [0.4, 0.5) is 17.1 Å². The van der Waals surface area contributed by atoms with Gasteiger partial charge in [-0.25, -0.2) is 4.99 Å². The number of hydrogen-bond acceptors (Lipinski definition) is 5. The number of amidine groups is 1. The molecule has 5 heteroatoms. The molecule has 2 aliphatic rings. The Morgan fingerprint density at radius 3 is 2.02 bits per heavy atom. The van der Waals surface area contributed by atoms with Gasteiger partial charge in [-0.3, -0.25) is 5.32 Å². The zero-order valence-corrected chi connectivity index (χ0v) is 29.0. The topological polar surface area (TPSA) is 51.7 Å². The quantitative estimate of drug-likeness (QED) is 0.163. The van der Waals surface area contributed by atoms with Crippen LogP contribution in [0.15, 0.2) is 193 Å². The first-order valence-corrected chi connectivity index (χ1v) is 18.2. The molecule has 3 unspecified atom stereocenters. The van der Waals surface area contributed by atoms with Crippen molar-refractivity contribution in [1.29, 1.82) is 0 Å². The summed E-state index contributed by atoms with van der Waals surface area (Å²) < 4.78 is 0. The van der Waals surface area contributed by atoms with Crippen molar-refractivity contribution in [1.82, 2.24) is 10.6 Å². The average molecular weight is 684 g/mol. The van der Waals surface area contributed by atoms with Crippen LogP contribution in [0.1, 0.15) is 40.8 Å². The highest BCUT2D eigenvalue weighted by Gasteiger charge is 2.32. The smallest absolute Gasteiger partial charge is 0.131 e. The van der Waals surface area contributed by atoms with E-state index in [4.69, 9.17) is 4.99 Å². The number of nitrogens with one attached hydrogen (secondary N) is 3. The number of anilines is 3. The summed E-state index contributed by atoms with van der Waals surface area (Å²) in [4.78, 5) is 7.58. The van der Waals surface area contributed by atoms with E-state index in [1.165, 1.54) is 49.5 Å². The zero-order chi connectivity index (χ0) is 35.1. The molecule has 0 radical (unpaired) electrons. The maximum atomic E-state index is 5.19. The number of benzene rings is 8. The van der Waals surface area contributed by atoms with Gasteiger partial charge in [-0.1, -0.05) is 152 Å². The Bertz CT molecular complexity index is 2620. The summed E-state index contributed by atoms with van der Waals surface area (Å²) in [5, 5.41) is 16.3. The molecule has 0 amide bonds. The van der Waals surface area contributed by atoms with E-state index >= 15 is 0 Å². The molecule has 8 aromatic rings. The second kappa shape index (κ2) is 13.1. The molecule has 254 valence electrons. The first kappa shape index (κ1) is 31.1. The monoisotopic (exact) mass is 683 g/mol. The van der Waals surface area contributed by atoms with E-state index in [1.54, 1.807) is 0 Å². The molecule has 10 rings (SSSR count). The summed E-state index contributed by atoms with van der Waals surface area (Å²) in [7, 11) is 0. The van der Waals surface area contributed by atoms with E-state index in [0.29, 0.717) is 0 Å². The highest BCUT2D eigenvalue weighted by molar-refractivity contribution is 6.01. The van der Waals surface area contributed by atoms with Crippen LogP contribution in [-0.2, 0) is 0 Å². The van der Waals surface area contributed by atoms with Crippen molar-refractivity contribution >= 4 is 44.4 Å². The molecule has 0 bridgehead atoms. The van der Waals surface area contributed by atoms with Crippen molar-refractivity contribution in [3.63, 3.8) is 0 Å².